The standard InChI is InChI=1S/C21H29F2N3O2/c1-14-10-15(2)13-26(12-14)19(27)21(8-4-3-5-9-21)25-20(28)24-18-7-6-16(22)11-17(18)23/h6-7,11,14-15H,3-5,8-10,12-13H2,1-2H3,(H2,24,25,28)/t14-,15+. The van der Waals surface area contributed by atoms with Crippen molar-refractivity contribution < 1.29 is 18.4 Å². The normalized spacial score (nSPS) is 24.5. The number of carbonyl (C=O) groups excluding carboxylic acids is 2. The highest BCUT2D eigenvalue weighted by Crippen LogP contribution is 2.32. The summed E-state index contributed by atoms with van der Waals surface area (Å²) in [7, 11) is 0. The van der Waals surface area contributed by atoms with E-state index in [0.717, 1.165) is 31.7 Å². The number of halogens is 2. The maximum atomic E-state index is 13.9. The van der Waals surface area contributed by atoms with Crippen molar-refractivity contribution in [1.82, 2.24) is 10.2 Å². The van der Waals surface area contributed by atoms with Gasteiger partial charge in [-0.15, -0.1) is 0 Å². The monoisotopic (exact) mass is 393 g/mol. The number of amides is 3. The van der Waals surface area contributed by atoms with Gasteiger partial charge in [-0.05, 0) is 43.2 Å². The zero-order valence-corrected chi connectivity index (χ0v) is 16.6. The van der Waals surface area contributed by atoms with Crippen molar-refractivity contribution in [2.24, 2.45) is 11.8 Å². The van der Waals surface area contributed by atoms with Crippen molar-refractivity contribution in [1.29, 1.82) is 0 Å². The molecule has 2 atom stereocenters. The van der Waals surface area contributed by atoms with Gasteiger partial charge in [-0.3, -0.25) is 4.79 Å². The third-order valence-corrected chi connectivity index (χ3v) is 5.80. The molecule has 28 heavy (non-hydrogen) atoms. The fraction of sp³-hybridized carbons (Fsp3) is 0.619. The molecule has 5 nitrogen and oxygen atoms in total. The number of hydrogen-bond donors (Lipinski definition) is 2. The molecular formula is C21H29F2N3O2. The van der Waals surface area contributed by atoms with Gasteiger partial charge in [0.05, 0.1) is 5.69 Å². The Morgan fingerprint density at radius 2 is 1.71 bits per heavy atom. The van der Waals surface area contributed by atoms with Gasteiger partial charge in [0, 0.05) is 19.2 Å². The first-order chi connectivity index (χ1) is 13.3. The molecule has 0 aromatic heterocycles. The fourth-order valence-electron chi connectivity index (χ4n) is 4.64. The lowest BCUT2D eigenvalue weighted by atomic mass is 9.79. The molecule has 3 rings (SSSR count). The molecule has 1 saturated heterocycles. The highest BCUT2D eigenvalue weighted by molar-refractivity contribution is 5.96. The average molecular weight is 393 g/mol. The molecule has 2 aliphatic rings. The summed E-state index contributed by atoms with van der Waals surface area (Å²) >= 11 is 0. The van der Waals surface area contributed by atoms with Gasteiger partial charge >= 0.3 is 6.03 Å². The quantitative estimate of drug-likeness (QED) is 0.805. The van der Waals surface area contributed by atoms with Crippen LogP contribution in [0.3, 0.4) is 0 Å². The molecule has 1 aliphatic carbocycles. The van der Waals surface area contributed by atoms with Crippen LogP contribution in [0.15, 0.2) is 18.2 Å². The molecule has 2 N–H and O–H groups in total. The van der Waals surface area contributed by atoms with Gasteiger partial charge in [0.25, 0.3) is 0 Å². The van der Waals surface area contributed by atoms with Crippen LogP contribution in [0.25, 0.3) is 0 Å². The minimum absolute atomic E-state index is 0.0414. The number of benzene rings is 1. The first-order valence-corrected chi connectivity index (χ1v) is 10.1. The van der Waals surface area contributed by atoms with E-state index in [2.05, 4.69) is 24.5 Å². The molecule has 1 heterocycles. The summed E-state index contributed by atoms with van der Waals surface area (Å²) in [4.78, 5) is 27.9. The lowest BCUT2D eigenvalue weighted by Gasteiger charge is -2.43. The topological polar surface area (TPSA) is 61.4 Å². The largest absolute Gasteiger partial charge is 0.340 e. The van der Waals surface area contributed by atoms with E-state index < -0.39 is 23.2 Å². The van der Waals surface area contributed by atoms with Gasteiger partial charge in [-0.25, -0.2) is 13.6 Å². The molecule has 0 bridgehead atoms. The van der Waals surface area contributed by atoms with E-state index in [1.165, 1.54) is 6.07 Å². The van der Waals surface area contributed by atoms with E-state index in [1.54, 1.807) is 0 Å². The molecule has 3 amide bonds. The summed E-state index contributed by atoms with van der Waals surface area (Å²) < 4.78 is 26.9. The Hall–Kier alpha value is -2.18. The molecule has 154 valence electrons. The summed E-state index contributed by atoms with van der Waals surface area (Å²) in [5.41, 5.74) is -1.08. The number of piperidine rings is 1. The van der Waals surface area contributed by atoms with E-state index in [0.29, 0.717) is 43.8 Å². The third-order valence-electron chi connectivity index (χ3n) is 5.80. The number of rotatable bonds is 3. The van der Waals surface area contributed by atoms with Crippen LogP contribution in [-0.2, 0) is 4.79 Å². The van der Waals surface area contributed by atoms with Crippen molar-refractivity contribution in [3.05, 3.63) is 29.8 Å². The lowest BCUT2D eigenvalue weighted by Crippen LogP contribution is -2.62. The van der Waals surface area contributed by atoms with Crippen molar-refractivity contribution in [2.45, 2.75) is 57.9 Å². The summed E-state index contributed by atoms with van der Waals surface area (Å²) in [5, 5.41) is 5.27. The number of carbonyl (C=O) groups is 2. The van der Waals surface area contributed by atoms with Crippen LogP contribution in [0.5, 0.6) is 0 Å². The van der Waals surface area contributed by atoms with E-state index in [9.17, 15) is 18.4 Å². The first kappa shape index (κ1) is 20.6. The highest BCUT2D eigenvalue weighted by Gasteiger charge is 2.44. The SMILES string of the molecule is C[C@@H]1C[C@H](C)CN(C(=O)C2(NC(=O)Nc3ccc(F)cc3F)CCCCC2)C1. The number of nitrogens with zero attached hydrogens (tertiary/aromatic N) is 1. The number of hydrogen-bond acceptors (Lipinski definition) is 2. The molecule has 0 radical (unpaired) electrons. The molecular weight excluding hydrogens is 364 g/mol. The first-order valence-electron chi connectivity index (χ1n) is 10.1. The second kappa shape index (κ2) is 8.45. The van der Waals surface area contributed by atoms with Crippen LogP contribution in [0.1, 0.15) is 52.4 Å². The number of nitrogens with one attached hydrogen (secondary N) is 2. The van der Waals surface area contributed by atoms with Crippen LogP contribution in [0.2, 0.25) is 0 Å². The van der Waals surface area contributed by atoms with Gasteiger partial charge in [0.2, 0.25) is 5.91 Å². The second-order valence-electron chi connectivity index (χ2n) is 8.50. The Morgan fingerprint density at radius 1 is 1.07 bits per heavy atom. The van der Waals surface area contributed by atoms with Gasteiger partial charge < -0.3 is 15.5 Å². The van der Waals surface area contributed by atoms with Crippen LogP contribution in [0.4, 0.5) is 19.3 Å². The summed E-state index contributed by atoms with van der Waals surface area (Å²) in [6.45, 7) is 5.67. The van der Waals surface area contributed by atoms with Crippen LogP contribution >= 0.6 is 0 Å². The molecule has 2 fully saturated rings. The minimum atomic E-state index is -0.963. The minimum Gasteiger partial charge on any atom is -0.340 e. The molecule has 7 heteroatoms. The summed E-state index contributed by atoms with van der Waals surface area (Å²) in [5.74, 6) is -0.750. The van der Waals surface area contributed by atoms with Crippen molar-refractivity contribution in [2.75, 3.05) is 18.4 Å². The lowest BCUT2D eigenvalue weighted by molar-refractivity contribution is -0.142. The maximum Gasteiger partial charge on any atom is 0.320 e. The van der Waals surface area contributed by atoms with E-state index in [4.69, 9.17) is 0 Å². The zero-order chi connectivity index (χ0) is 20.3. The molecule has 0 unspecified atom stereocenters. The van der Waals surface area contributed by atoms with Crippen molar-refractivity contribution in [3.63, 3.8) is 0 Å². The van der Waals surface area contributed by atoms with E-state index >= 15 is 0 Å². The predicted molar refractivity (Wildman–Crippen MR) is 104 cm³/mol. The Bertz CT molecular complexity index is 724. The Balaban J connectivity index is 1.75. The van der Waals surface area contributed by atoms with Crippen LogP contribution in [-0.4, -0.2) is 35.5 Å². The van der Waals surface area contributed by atoms with Crippen molar-refractivity contribution in [3.8, 4) is 0 Å². The van der Waals surface area contributed by atoms with Gasteiger partial charge in [-0.2, -0.15) is 0 Å². The molecule has 1 aromatic carbocycles. The van der Waals surface area contributed by atoms with Crippen LogP contribution < -0.4 is 10.6 Å². The molecule has 1 aromatic rings. The molecule has 0 spiro atoms. The fourth-order valence-corrected chi connectivity index (χ4v) is 4.64. The predicted octanol–water partition coefficient (Wildman–Crippen LogP) is 4.29. The average Bonchev–Trinajstić information content (AvgIpc) is 2.63. The Kier molecular flexibility index (Phi) is 6.20. The Labute approximate surface area is 164 Å². The van der Waals surface area contributed by atoms with Gasteiger partial charge in [-0.1, -0.05) is 33.1 Å². The molecule has 1 aliphatic heterocycles. The highest BCUT2D eigenvalue weighted by atomic mass is 19.1. The number of anilines is 1. The van der Waals surface area contributed by atoms with Crippen molar-refractivity contribution >= 4 is 17.6 Å². The number of urea groups is 1. The summed E-state index contributed by atoms with van der Waals surface area (Å²) in [6.07, 6.45) is 4.98. The van der Waals surface area contributed by atoms with Gasteiger partial charge in [0.1, 0.15) is 17.2 Å². The smallest absolute Gasteiger partial charge is 0.320 e. The number of likely N-dealkylation sites (tertiary alicyclic amines) is 1. The van der Waals surface area contributed by atoms with E-state index in [1.807, 2.05) is 4.90 Å². The summed E-state index contributed by atoms with van der Waals surface area (Å²) in [6, 6.07) is 2.33. The molecule has 1 saturated carbocycles. The Morgan fingerprint density at radius 3 is 2.32 bits per heavy atom. The second-order valence-corrected chi connectivity index (χ2v) is 8.50. The maximum absolute atomic E-state index is 13.9. The van der Waals surface area contributed by atoms with Gasteiger partial charge in [0.15, 0.2) is 0 Å². The van der Waals surface area contributed by atoms with E-state index in [-0.39, 0.29) is 11.6 Å². The van der Waals surface area contributed by atoms with Crippen LogP contribution in [0, 0.1) is 23.5 Å². The zero-order valence-electron chi connectivity index (χ0n) is 16.6. The third kappa shape index (κ3) is 4.62.